The Kier molecular flexibility index (Phi) is 4.65. The molecule has 7 heteroatoms. The Morgan fingerprint density at radius 2 is 2.00 bits per heavy atom. The van der Waals surface area contributed by atoms with E-state index in [0.717, 1.165) is 10.2 Å². The van der Waals surface area contributed by atoms with Crippen LogP contribution in [0.4, 0.5) is 9.93 Å². The van der Waals surface area contributed by atoms with Gasteiger partial charge in [0.05, 0.1) is 10.2 Å². The lowest BCUT2D eigenvalue weighted by Gasteiger charge is -2.20. The molecule has 1 N–H and O–H groups in total. The first-order valence-electron chi connectivity index (χ1n) is 6.85. The Morgan fingerprint density at radius 1 is 1.32 bits per heavy atom. The molecule has 0 saturated heterocycles. The van der Waals surface area contributed by atoms with Crippen molar-refractivity contribution in [1.29, 1.82) is 0 Å². The number of nitrogens with zero attached hydrogens (tertiary/aromatic N) is 2. The summed E-state index contributed by atoms with van der Waals surface area (Å²) in [5, 5.41) is 3.04. The van der Waals surface area contributed by atoms with Crippen LogP contribution in [0.25, 0.3) is 10.2 Å². The lowest BCUT2D eigenvalue weighted by atomic mass is 10.2. The van der Waals surface area contributed by atoms with Crippen LogP contribution in [-0.2, 0) is 9.53 Å². The minimum atomic E-state index is -0.612. The van der Waals surface area contributed by atoms with Crippen molar-refractivity contribution in [2.45, 2.75) is 26.4 Å². The van der Waals surface area contributed by atoms with Crippen molar-refractivity contribution in [1.82, 2.24) is 10.3 Å². The van der Waals surface area contributed by atoms with E-state index in [0.29, 0.717) is 5.13 Å². The average molecular weight is 321 g/mol. The van der Waals surface area contributed by atoms with Crippen LogP contribution in [0, 0.1) is 0 Å². The molecule has 0 atom stereocenters. The molecule has 118 valence electrons. The summed E-state index contributed by atoms with van der Waals surface area (Å²) in [5.74, 6) is -0.259. The molecular formula is C15H19N3O3S. The Balaban J connectivity index is 1.96. The molecule has 6 nitrogen and oxygen atoms in total. The summed E-state index contributed by atoms with van der Waals surface area (Å²) in [4.78, 5) is 29.5. The summed E-state index contributed by atoms with van der Waals surface area (Å²) >= 11 is 1.43. The van der Waals surface area contributed by atoms with Gasteiger partial charge < -0.3 is 10.1 Å². The predicted octanol–water partition coefficient (Wildman–Crippen LogP) is 2.78. The molecule has 1 heterocycles. The first kappa shape index (κ1) is 16.2. The fourth-order valence-electron chi connectivity index (χ4n) is 1.69. The number of amides is 2. The van der Waals surface area contributed by atoms with Crippen molar-refractivity contribution in [3.05, 3.63) is 24.3 Å². The molecular weight excluding hydrogens is 302 g/mol. The number of carbonyl (C=O) groups excluding carboxylic acids is 2. The zero-order valence-corrected chi connectivity index (χ0v) is 13.9. The topological polar surface area (TPSA) is 71.5 Å². The molecule has 0 saturated carbocycles. The van der Waals surface area contributed by atoms with Crippen LogP contribution >= 0.6 is 11.3 Å². The fraction of sp³-hybridized carbons (Fsp3) is 0.400. The molecule has 1 aromatic heterocycles. The SMILES string of the molecule is CN(C(=O)CNC(=O)OC(C)(C)C)c1nc2ccccc2s1. The van der Waals surface area contributed by atoms with Crippen molar-refractivity contribution in [3.8, 4) is 0 Å². The minimum Gasteiger partial charge on any atom is -0.444 e. The van der Waals surface area contributed by atoms with Gasteiger partial charge in [0.2, 0.25) is 5.91 Å². The van der Waals surface area contributed by atoms with Crippen LogP contribution < -0.4 is 10.2 Å². The van der Waals surface area contributed by atoms with Gasteiger partial charge in [-0.1, -0.05) is 23.5 Å². The summed E-state index contributed by atoms with van der Waals surface area (Å²) in [6, 6.07) is 7.67. The standard InChI is InChI=1S/C15H19N3O3S/c1-15(2,3)21-14(20)16-9-12(19)18(4)13-17-10-7-5-6-8-11(10)22-13/h5-8H,9H2,1-4H3,(H,16,20). The number of hydrogen-bond donors (Lipinski definition) is 1. The molecule has 1 aromatic carbocycles. The maximum Gasteiger partial charge on any atom is 0.408 e. The highest BCUT2D eigenvalue weighted by Gasteiger charge is 2.19. The van der Waals surface area contributed by atoms with Gasteiger partial charge in [-0.25, -0.2) is 9.78 Å². The number of fused-ring (bicyclic) bond motifs is 1. The second kappa shape index (κ2) is 6.31. The quantitative estimate of drug-likeness (QED) is 0.943. The Labute approximate surface area is 133 Å². The molecule has 0 spiro atoms. The molecule has 2 rings (SSSR count). The van der Waals surface area contributed by atoms with Gasteiger partial charge in [-0.2, -0.15) is 0 Å². The van der Waals surface area contributed by atoms with E-state index in [2.05, 4.69) is 10.3 Å². The third-order valence-electron chi connectivity index (χ3n) is 2.73. The van der Waals surface area contributed by atoms with Gasteiger partial charge in [-0.3, -0.25) is 9.69 Å². The van der Waals surface area contributed by atoms with Gasteiger partial charge in [-0.15, -0.1) is 0 Å². The van der Waals surface area contributed by atoms with Crippen LogP contribution in [-0.4, -0.2) is 36.2 Å². The third-order valence-corrected chi connectivity index (χ3v) is 3.84. The molecule has 0 aliphatic heterocycles. The number of hydrogen-bond acceptors (Lipinski definition) is 5. The van der Waals surface area contributed by atoms with Crippen LogP contribution in [0.5, 0.6) is 0 Å². The number of benzene rings is 1. The number of aromatic nitrogens is 1. The Hall–Kier alpha value is -2.15. The number of likely N-dealkylation sites (N-methyl/N-ethyl adjacent to an activating group) is 1. The number of rotatable bonds is 3. The Bertz CT molecular complexity index is 658. The predicted molar refractivity (Wildman–Crippen MR) is 87.3 cm³/mol. The number of para-hydroxylation sites is 1. The van der Waals surface area contributed by atoms with E-state index in [1.807, 2.05) is 24.3 Å². The van der Waals surface area contributed by atoms with Crippen LogP contribution in [0.15, 0.2) is 24.3 Å². The largest absolute Gasteiger partial charge is 0.444 e. The lowest BCUT2D eigenvalue weighted by Crippen LogP contribution is -2.40. The molecule has 0 fully saturated rings. The molecule has 0 aliphatic rings. The van der Waals surface area contributed by atoms with Crippen LogP contribution in [0.2, 0.25) is 0 Å². The summed E-state index contributed by atoms with van der Waals surface area (Å²) in [6.07, 6.45) is -0.612. The van der Waals surface area contributed by atoms with Gasteiger partial charge >= 0.3 is 6.09 Å². The van der Waals surface area contributed by atoms with Crippen LogP contribution in [0.1, 0.15) is 20.8 Å². The lowest BCUT2D eigenvalue weighted by molar-refractivity contribution is -0.117. The van der Waals surface area contributed by atoms with E-state index in [1.54, 1.807) is 27.8 Å². The first-order valence-corrected chi connectivity index (χ1v) is 7.67. The van der Waals surface area contributed by atoms with Crippen molar-refractivity contribution in [2.75, 3.05) is 18.5 Å². The zero-order valence-electron chi connectivity index (χ0n) is 13.0. The van der Waals surface area contributed by atoms with E-state index in [-0.39, 0.29) is 12.5 Å². The molecule has 0 bridgehead atoms. The number of carbonyl (C=O) groups is 2. The number of anilines is 1. The maximum absolute atomic E-state index is 12.1. The summed E-state index contributed by atoms with van der Waals surface area (Å²) in [5.41, 5.74) is 0.258. The molecule has 2 aromatic rings. The van der Waals surface area contributed by atoms with Crippen molar-refractivity contribution >= 4 is 38.7 Å². The van der Waals surface area contributed by atoms with Crippen molar-refractivity contribution in [2.24, 2.45) is 0 Å². The summed E-state index contributed by atoms with van der Waals surface area (Å²) in [6.45, 7) is 5.16. The van der Waals surface area contributed by atoms with E-state index in [1.165, 1.54) is 16.2 Å². The second-order valence-electron chi connectivity index (χ2n) is 5.77. The van der Waals surface area contributed by atoms with Gasteiger partial charge in [0.25, 0.3) is 0 Å². The smallest absolute Gasteiger partial charge is 0.408 e. The number of ether oxygens (including phenoxy) is 1. The van der Waals surface area contributed by atoms with Crippen LogP contribution in [0.3, 0.4) is 0 Å². The van der Waals surface area contributed by atoms with Crippen molar-refractivity contribution < 1.29 is 14.3 Å². The summed E-state index contributed by atoms with van der Waals surface area (Å²) < 4.78 is 6.10. The van der Waals surface area contributed by atoms with Gasteiger partial charge in [0.1, 0.15) is 12.1 Å². The van der Waals surface area contributed by atoms with Gasteiger partial charge in [-0.05, 0) is 32.9 Å². The van der Waals surface area contributed by atoms with Gasteiger partial charge in [0.15, 0.2) is 5.13 Å². The molecule has 2 amide bonds. The molecule has 0 radical (unpaired) electrons. The minimum absolute atomic E-state index is 0.138. The maximum atomic E-state index is 12.1. The molecule has 0 aliphatic carbocycles. The van der Waals surface area contributed by atoms with Crippen molar-refractivity contribution in [3.63, 3.8) is 0 Å². The van der Waals surface area contributed by atoms with E-state index >= 15 is 0 Å². The van der Waals surface area contributed by atoms with E-state index < -0.39 is 11.7 Å². The number of nitrogens with one attached hydrogen (secondary N) is 1. The third kappa shape index (κ3) is 4.17. The fourth-order valence-corrected chi connectivity index (χ4v) is 2.64. The first-order chi connectivity index (χ1) is 10.3. The van der Waals surface area contributed by atoms with E-state index in [9.17, 15) is 9.59 Å². The number of alkyl carbamates (subject to hydrolysis) is 1. The average Bonchev–Trinajstić information content (AvgIpc) is 2.85. The monoisotopic (exact) mass is 321 g/mol. The highest BCUT2D eigenvalue weighted by atomic mass is 32.1. The molecule has 22 heavy (non-hydrogen) atoms. The van der Waals surface area contributed by atoms with E-state index in [4.69, 9.17) is 4.74 Å². The number of thiazole rings is 1. The zero-order chi connectivity index (χ0) is 16.3. The summed E-state index contributed by atoms with van der Waals surface area (Å²) in [7, 11) is 1.64. The van der Waals surface area contributed by atoms with Gasteiger partial charge in [0, 0.05) is 7.05 Å². The highest BCUT2D eigenvalue weighted by molar-refractivity contribution is 7.22. The Morgan fingerprint density at radius 3 is 2.64 bits per heavy atom. The second-order valence-corrected chi connectivity index (χ2v) is 6.78. The highest BCUT2D eigenvalue weighted by Crippen LogP contribution is 2.27. The normalized spacial score (nSPS) is 11.3. The molecule has 0 unspecified atom stereocenters.